The molecule has 0 fully saturated rings. The fourth-order valence-corrected chi connectivity index (χ4v) is 4.86. The van der Waals surface area contributed by atoms with E-state index in [1.54, 1.807) is 104 Å². The molecule has 48 heavy (non-hydrogen) atoms. The Balaban J connectivity index is 1.39. The molecule has 0 heterocycles. The van der Waals surface area contributed by atoms with Crippen LogP contribution in [0.4, 0.5) is 0 Å². The lowest BCUT2D eigenvalue weighted by molar-refractivity contribution is -0.155. The summed E-state index contributed by atoms with van der Waals surface area (Å²) >= 11 is 0. The van der Waals surface area contributed by atoms with E-state index in [2.05, 4.69) is 0 Å². The summed E-state index contributed by atoms with van der Waals surface area (Å²) in [4.78, 5) is 64.3. The average molecular weight is 653 g/mol. The summed E-state index contributed by atoms with van der Waals surface area (Å²) in [6.45, 7) is 1.61. The predicted molar refractivity (Wildman–Crippen MR) is 176 cm³/mol. The highest BCUT2D eigenvalue weighted by Gasteiger charge is 2.34. The smallest absolute Gasteiger partial charge is 0.343 e. The monoisotopic (exact) mass is 652 g/mol. The molecular formula is C38H36O10. The number of rotatable bonds is 16. The lowest BCUT2D eigenvalue weighted by Gasteiger charge is -2.15. The second kappa shape index (κ2) is 17.2. The molecule has 10 nitrogen and oxygen atoms in total. The number of carbonyl (C=O) groups excluding carboxylic acids is 5. The Hall–Kier alpha value is -5.77. The number of benzene rings is 4. The zero-order valence-corrected chi connectivity index (χ0v) is 26.9. The molecule has 0 amide bonds. The molecule has 0 aliphatic rings. The van der Waals surface area contributed by atoms with Crippen molar-refractivity contribution in [2.75, 3.05) is 20.8 Å². The summed E-state index contributed by atoms with van der Waals surface area (Å²) < 4.78 is 26.8. The molecule has 0 saturated heterocycles. The molecule has 4 rings (SSSR count). The molecule has 0 spiro atoms. The number of methoxy groups -OCH3 is 2. The molecule has 0 saturated carbocycles. The standard InChI is InChI=1S/C38H36O10/c1-4-46-38(43)35(29(39)19-15-25-17-21-31(33(23-25)44-2)47-36(41)27-11-7-5-8-12-27)30(40)20-16-26-18-22-32(34(24-26)45-3)48-37(42)28-13-9-6-10-14-28/h5-14,17-18,21-24,35H,4,15-16,19-20H2,1-3H3. The third-order valence-corrected chi connectivity index (χ3v) is 7.37. The van der Waals surface area contributed by atoms with Crippen LogP contribution in [0.2, 0.25) is 0 Å². The van der Waals surface area contributed by atoms with E-state index in [0.717, 1.165) is 0 Å². The van der Waals surface area contributed by atoms with Crippen molar-refractivity contribution in [2.24, 2.45) is 5.92 Å². The Morgan fingerprint density at radius 1 is 0.562 bits per heavy atom. The van der Waals surface area contributed by atoms with Gasteiger partial charge < -0.3 is 23.7 Å². The number of hydrogen-bond donors (Lipinski definition) is 0. The first-order valence-electron chi connectivity index (χ1n) is 15.3. The average Bonchev–Trinajstić information content (AvgIpc) is 3.11. The van der Waals surface area contributed by atoms with Crippen LogP contribution in [0.25, 0.3) is 0 Å². The summed E-state index contributed by atoms with van der Waals surface area (Å²) in [5.74, 6) is -3.71. The Morgan fingerprint density at radius 3 is 1.35 bits per heavy atom. The Labute approximate surface area is 278 Å². The zero-order valence-electron chi connectivity index (χ0n) is 26.9. The molecule has 0 unspecified atom stereocenters. The van der Waals surface area contributed by atoms with Gasteiger partial charge in [0.05, 0.1) is 32.0 Å². The van der Waals surface area contributed by atoms with Crippen LogP contribution in [0, 0.1) is 5.92 Å². The van der Waals surface area contributed by atoms with Crippen molar-refractivity contribution in [3.8, 4) is 23.0 Å². The van der Waals surface area contributed by atoms with Crippen LogP contribution in [-0.4, -0.2) is 50.3 Å². The first-order valence-corrected chi connectivity index (χ1v) is 15.3. The van der Waals surface area contributed by atoms with Crippen LogP contribution in [0.3, 0.4) is 0 Å². The second-order valence-electron chi connectivity index (χ2n) is 10.6. The molecule has 0 radical (unpaired) electrons. The quantitative estimate of drug-likeness (QED) is 0.0804. The van der Waals surface area contributed by atoms with E-state index in [4.69, 9.17) is 23.7 Å². The summed E-state index contributed by atoms with van der Waals surface area (Å²) in [5, 5.41) is 0. The van der Waals surface area contributed by atoms with Crippen molar-refractivity contribution in [3.63, 3.8) is 0 Å². The normalized spacial score (nSPS) is 10.6. The minimum Gasteiger partial charge on any atom is -0.493 e. The number of aryl methyl sites for hydroxylation is 2. The maximum absolute atomic E-state index is 13.3. The third kappa shape index (κ3) is 9.38. The van der Waals surface area contributed by atoms with Gasteiger partial charge in [-0.1, -0.05) is 48.5 Å². The van der Waals surface area contributed by atoms with E-state index in [1.165, 1.54) is 14.2 Å². The molecule has 10 heteroatoms. The first-order chi connectivity index (χ1) is 23.2. The molecular weight excluding hydrogens is 616 g/mol. The van der Waals surface area contributed by atoms with Crippen molar-refractivity contribution < 1.29 is 47.7 Å². The summed E-state index contributed by atoms with van der Waals surface area (Å²) in [5.41, 5.74) is 2.11. The molecule has 0 aliphatic heterocycles. The molecule has 248 valence electrons. The summed E-state index contributed by atoms with van der Waals surface area (Å²) in [6.07, 6.45) is 0.172. The van der Waals surface area contributed by atoms with Crippen molar-refractivity contribution in [1.29, 1.82) is 0 Å². The van der Waals surface area contributed by atoms with Crippen molar-refractivity contribution >= 4 is 29.5 Å². The van der Waals surface area contributed by atoms with Crippen LogP contribution in [0.1, 0.15) is 51.6 Å². The molecule has 0 atom stereocenters. The molecule has 0 N–H and O–H groups in total. The molecule has 4 aromatic rings. The van der Waals surface area contributed by atoms with Gasteiger partial charge in [0.1, 0.15) is 0 Å². The lowest BCUT2D eigenvalue weighted by atomic mass is 9.91. The highest BCUT2D eigenvalue weighted by molar-refractivity contribution is 6.17. The zero-order chi connectivity index (χ0) is 34.5. The van der Waals surface area contributed by atoms with Gasteiger partial charge in [0.25, 0.3) is 0 Å². The van der Waals surface area contributed by atoms with Gasteiger partial charge in [0, 0.05) is 12.8 Å². The van der Waals surface area contributed by atoms with Gasteiger partial charge in [-0.25, -0.2) is 9.59 Å². The fraction of sp³-hybridized carbons (Fsp3) is 0.237. The number of carbonyl (C=O) groups is 5. The Morgan fingerprint density at radius 2 is 0.979 bits per heavy atom. The van der Waals surface area contributed by atoms with Crippen molar-refractivity contribution in [1.82, 2.24) is 0 Å². The van der Waals surface area contributed by atoms with E-state index < -0.39 is 35.4 Å². The highest BCUT2D eigenvalue weighted by atomic mass is 16.6. The number of ether oxygens (including phenoxy) is 5. The maximum atomic E-state index is 13.3. The summed E-state index contributed by atoms with van der Waals surface area (Å²) in [7, 11) is 2.86. The second-order valence-corrected chi connectivity index (χ2v) is 10.6. The summed E-state index contributed by atoms with van der Waals surface area (Å²) in [6, 6.07) is 26.8. The minimum absolute atomic E-state index is 0.0105. The Bertz CT molecular complexity index is 1630. The van der Waals surface area contributed by atoms with Gasteiger partial charge >= 0.3 is 17.9 Å². The van der Waals surface area contributed by atoms with E-state index in [0.29, 0.717) is 33.8 Å². The van der Waals surface area contributed by atoms with E-state index in [-0.39, 0.29) is 43.8 Å². The van der Waals surface area contributed by atoms with Gasteiger partial charge in [-0.05, 0) is 79.4 Å². The van der Waals surface area contributed by atoms with Crippen molar-refractivity contribution in [2.45, 2.75) is 32.6 Å². The van der Waals surface area contributed by atoms with Crippen LogP contribution < -0.4 is 18.9 Å². The van der Waals surface area contributed by atoms with E-state index in [1.807, 2.05) is 0 Å². The SMILES string of the molecule is CCOC(=O)C(C(=O)CCc1ccc(OC(=O)c2ccccc2)c(OC)c1)C(=O)CCc1ccc(OC(=O)c2ccccc2)c(OC)c1. The Kier molecular flexibility index (Phi) is 12.6. The number of hydrogen-bond acceptors (Lipinski definition) is 10. The third-order valence-electron chi connectivity index (χ3n) is 7.37. The van der Waals surface area contributed by atoms with Crippen LogP contribution in [0.5, 0.6) is 23.0 Å². The van der Waals surface area contributed by atoms with Crippen LogP contribution >= 0.6 is 0 Å². The van der Waals surface area contributed by atoms with Crippen LogP contribution in [-0.2, 0) is 32.0 Å². The van der Waals surface area contributed by atoms with Gasteiger partial charge in [-0.15, -0.1) is 0 Å². The number of esters is 3. The first kappa shape index (κ1) is 35.1. The fourth-order valence-electron chi connectivity index (χ4n) is 4.86. The van der Waals surface area contributed by atoms with E-state index in [9.17, 15) is 24.0 Å². The molecule has 4 aromatic carbocycles. The molecule has 0 aliphatic carbocycles. The number of ketones is 2. The lowest BCUT2D eigenvalue weighted by Crippen LogP contribution is -2.34. The van der Waals surface area contributed by atoms with Gasteiger partial charge in [0.15, 0.2) is 40.5 Å². The molecule has 0 bridgehead atoms. The molecule has 0 aromatic heterocycles. The topological polar surface area (TPSA) is 132 Å². The maximum Gasteiger partial charge on any atom is 0.343 e. The highest BCUT2D eigenvalue weighted by Crippen LogP contribution is 2.31. The van der Waals surface area contributed by atoms with Gasteiger partial charge in [-0.3, -0.25) is 14.4 Å². The van der Waals surface area contributed by atoms with Crippen LogP contribution in [0.15, 0.2) is 97.1 Å². The van der Waals surface area contributed by atoms with E-state index >= 15 is 0 Å². The van der Waals surface area contributed by atoms with Crippen molar-refractivity contribution in [3.05, 3.63) is 119 Å². The minimum atomic E-state index is -1.58. The predicted octanol–water partition coefficient (Wildman–Crippen LogP) is 6.03. The van der Waals surface area contributed by atoms with Gasteiger partial charge in [-0.2, -0.15) is 0 Å². The number of Topliss-reactive ketones (excluding diaryl/α,β-unsaturated/α-hetero) is 2. The van der Waals surface area contributed by atoms with Gasteiger partial charge in [0.2, 0.25) is 0 Å². The largest absolute Gasteiger partial charge is 0.493 e.